The smallest absolute Gasteiger partial charge is 0.351 e. The maximum atomic E-state index is 11.0. The molecule has 0 aliphatic heterocycles. The zero-order valence-corrected chi connectivity index (χ0v) is 10.4. The fourth-order valence-electron chi connectivity index (χ4n) is 1.28. The number of ether oxygens (including phenoxy) is 1. The number of anilines is 1. The maximum Gasteiger partial charge on any atom is 0.351 e. The van der Waals surface area contributed by atoms with Gasteiger partial charge in [-0.2, -0.15) is 5.10 Å². The van der Waals surface area contributed by atoms with Crippen molar-refractivity contribution >= 4 is 17.9 Å². The molecule has 0 aromatic heterocycles. The van der Waals surface area contributed by atoms with E-state index in [9.17, 15) is 4.79 Å². The summed E-state index contributed by atoms with van der Waals surface area (Å²) in [6.07, 6.45) is 1.12. The molecule has 1 rings (SSSR count). The van der Waals surface area contributed by atoms with E-state index in [0.29, 0.717) is 12.5 Å². The molecule has 0 aliphatic carbocycles. The van der Waals surface area contributed by atoms with Gasteiger partial charge in [-0.1, -0.05) is 26.0 Å². The summed E-state index contributed by atoms with van der Waals surface area (Å²) in [5.74, 6) is 0.0610. The van der Waals surface area contributed by atoms with E-state index in [-0.39, 0.29) is 0 Å². The molecule has 0 bridgehead atoms. The molecular formula is C13H18N2O2. The van der Waals surface area contributed by atoms with E-state index in [1.54, 1.807) is 6.92 Å². The summed E-state index contributed by atoms with van der Waals surface area (Å²) in [4.78, 5) is 11.0. The van der Waals surface area contributed by atoms with Gasteiger partial charge in [0.05, 0.1) is 12.3 Å². The molecular weight excluding hydrogens is 216 g/mol. The Morgan fingerprint density at radius 2 is 2.06 bits per heavy atom. The van der Waals surface area contributed by atoms with Gasteiger partial charge in [0.2, 0.25) is 0 Å². The Morgan fingerprint density at radius 3 is 2.59 bits per heavy atom. The largest absolute Gasteiger partial charge is 0.462 e. The summed E-state index contributed by atoms with van der Waals surface area (Å²) in [6, 6.07) is 7.93. The molecule has 1 aromatic carbocycles. The molecule has 0 radical (unpaired) electrons. The van der Waals surface area contributed by atoms with Crippen molar-refractivity contribution < 1.29 is 9.53 Å². The minimum atomic E-state index is -0.446. The lowest BCUT2D eigenvalue weighted by Gasteiger charge is -2.06. The summed E-state index contributed by atoms with van der Waals surface area (Å²) >= 11 is 0. The van der Waals surface area contributed by atoms with E-state index in [2.05, 4.69) is 24.4 Å². The number of carbonyl (C=O) groups is 1. The van der Waals surface area contributed by atoms with Crippen LogP contribution in [0.5, 0.6) is 0 Å². The highest BCUT2D eigenvalue weighted by atomic mass is 16.5. The second kappa shape index (κ2) is 6.68. The Kier molecular flexibility index (Phi) is 5.20. The van der Waals surface area contributed by atoms with Crippen LogP contribution in [0.3, 0.4) is 0 Å². The van der Waals surface area contributed by atoms with E-state index >= 15 is 0 Å². The molecule has 0 fully saturated rings. The number of nitrogens with zero attached hydrogens (tertiary/aromatic N) is 1. The van der Waals surface area contributed by atoms with Gasteiger partial charge >= 0.3 is 5.97 Å². The molecule has 0 heterocycles. The maximum absolute atomic E-state index is 11.0. The Morgan fingerprint density at radius 1 is 1.41 bits per heavy atom. The van der Waals surface area contributed by atoms with Gasteiger partial charge in [-0.25, -0.2) is 4.79 Å². The predicted octanol–water partition coefficient (Wildman–Crippen LogP) is 2.77. The van der Waals surface area contributed by atoms with Crippen LogP contribution in [0.15, 0.2) is 29.4 Å². The van der Waals surface area contributed by atoms with Gasteiger partial charge in [0.25, 0.3) is 0 Å². The SMILES string of the molecule is CCOC(=O)C=NNc1ccc(C(C)C)cc1. The molecule has 0 amide bonds. The lowest BCUT2D eigenvalue weighted by Crippen LogP contribution is -2.06. The van der Waals surface area contributed by atoms with Crippen LogP contribution in [-0.2, 0) is 9.53 Å². The highest BCUT2D eigenvalue weighted by molar-refractivity contribution is 6.23. The monoisotopic (exact) mass is 234 g/mol. The van der Waals surface area contributed by atoms with Crippen molar-refractivity contribution in [2.45, 2.75) is 26.7 Å². The summed E-state index contributed by atoms with van der Waals surface area (Å²) in [5, 5.41) is 3.79. The van der Waals surface area contributed by atoms with Gasteiger partial charge in [0.15, 0.2) is 0 Å². The number of carbonyl (C=O) groups excluding carboxylic acids is 1. The van der Waals surface area contributed by atoms with Gasteiger partial charge in [-0.3, -0.25) is 5.43 Å². The van der Waals surface area contributed by atoms with Crippen molar-refractivity contribution in [3.8, 4) is 0 Å². The first kappa shape index (κ1) is 13.2. The van der Waals surface area contributed by atoms with Crippen LogP contribution in [0.25, 0.3) is 0 Å². The Labute approximate surface area is 102 Å². The number of hydrogen-bond donors (Lipinski definition) is 1. The summed E-state index contributed by atoms with van der Waals surface area (Å²) in [7, 11) is 0. The number of esters is 1. The van der Waals surface area contributed by atoms with Crippen LogP contribution in [0.4, 0.5) is 5.69 Å². The molecule has 17 heavy (non-hydrogen) atoms. The highest BCUT2D eigenvalue weighted by Crippen LogP contribution is 2.16. The topological polar surface area (TPSA) is 50.7 Å². The minimum absolute atomic E-state index is 0.355. The van der Waals surface area contributed by atoms with Gasteiger partial charge in [-0.05, 0) is 30.5 Å². The fourth-order valence-corrected chi connectivity index (χ4v) is 1.28. The number of rotatable bonds is 5. The molecule has 0 aliphatic rings. The fraction of sp³-hybridized carbons (Fsp3) is 0.385. The molecule has 0 spiro atoms. The molecule has 0 unspecified atom stereocenters. The van der Waals surface area contributed by atoms with Gasteiger partial charge in [0, 0.05) is 0 Å². The molecule has 0 saturated heterocycles. The average molecular weight is 234 g/mol. The zero-order valence-electron chi connectivity index (χ0n) is 10.4. The lowest BCUT2D eigenvalue weighted by atomic mass is 10.0. The van der Waals surface area contributed by atoms with Crippen molar-refractivity contribution in [1.29, 1.82) is 0 Å². The quantitative estimate of drug-likeness (QED) is 0.484. The normalized spacial score (nSPS) is 10.8. The minimum Gasteiger partial charge on any atom is -0.462 e. The Bertz CT molecular complexity index is 383. The molecule has 0 atom stereocenters. The second-order valence-corrected chi connectivity index (χ2v) is 3.90. The van der Waals surface area contributed by atoms with Crippen molar-refractivity contribution in [1.82, 2.24) is 0 Å². The standard InChI is InChI=1S/C13H18N2O2/c1-4-17-13(16)9-14-15-12-7-5-11(6-8-12)10(2)3/h5-10,15H,4H2,1-3H3. The van der Waals surface area contributed by atoms with Crippen molar-refractivity contribution in [3.05, 3.63) is 29.8 Å². The first-order valence-corrected chi connectivity index (χ1v) is 5.69. The van der Waals surface area contributed by atoms with Crippen LogP contribution in [0.2, 0.25) is 0 Å². The van der Waals surface area contributed by atoms with Gasteiger partial charge < -0.3 is 4.74 Å². The van der Waals surface area contributed by atoms with E-state index in [1.165, 1.54) is 5.56 Å². The van der Waals surface area contributed by atoms with E-state index in [1.807, 2.05) is 24.3 Å². The van der Waals surface area contributed by atoms with Crippen LogP contribution < -0.4 is 5.43 Å². The average Bonchev–Trinajstić information content (AvgIpc) is 2.30. The summed E-state index contributed by atoms with van der Waals surface area (Å²) in [6.45, 7) is 6.39. The molecule has 1 aromatic rings. The van der Waals surface area contributed by atoms with Crippen LogP contribution >= 0.6 is 0 Å². The predicted molar refractivity (Wildman–Crippen MR) is 69.3 cm³/mol. The summed E-state index contributed by atoms with van der Waals surface area (Å²) in [5.41, 5.74) is 4.88. The molecule has 1 N–H and O–H groups in total. The third-order valence-electron chi connectivity index (χ3n) is 2.23. The lowest BCUT2D eigenvalue weighted by molar-refractivity contribution is -0.134. The van der Waals surface area contributed by atoms with Gasteiger partial charge in [0.1, 0.15) is 6.21 Å². The molecule has 0 saturated carbocycles. The van der Waals surface area contributed by atoms with E-state index < -0.39 is 5.97 Å². The van der Waals surface area contributed by atoms with Crippen LogP contribution in [0.1, 0.15) is 32.3 Å². The first-order valence-electron chi connectivity index (χ1n) is 5.69. The van der Waals surface area contributed by atoms with Crippen molar-refractivity contribution in [2.24, 2.45) is 5.10 Å². The van der Waals surface area contributed by atoms with Crippen LogP contribution in [0, 0.1) is 0 Å². The van der Waals surface area contributed by atoms with E-state index in [4.69, 9.17) is 4.74 Å². The number of benzene rings is 1. The summed E-state index contributed by atoms with van der Waals surface area (Å²) < 4.78 is 4.70. The highest BCUT2D eigenvalue weighted by Gasteiger charge is 1.98. The number of nitrogens with one attached hydrogen (secondary N) is 1. The Hall–Kier alpha value is -1.84. The first-order chi connectivity index (χ1) is 8.13. The van der Waals surface area contributed by atoms with Crippen LogP contribution in [-0.4, -0.2) is 18.8 Å². The third kappa shape index (κ3) is 4.68. The van der Waals surface area contributed by atoms with E-state index in [0.717, 1.165) is 11.9 Å². The zero-order chi connectivity index (χ0) is 12.7. The van der Waals surface area contributed by atoms with Crippen molar-refractivity contribution in [3.63, 3.8) is 0 Å². The molecule has 4 nitrogen and oxygen atoms in total. The third-order valence-corrected chi connectivity index (χ3v) is 2.23. The second-order valence-electron chi connectivity index (χ2n) is 3.90. The van der Waals surface area contributed by atoms with Gasteiger partial charge in [-0.15, -0.1) is 0 Å². The Balaban J connectivity index is 2.50. The number of hydrazone groups is 1. The molecule has 92 valence electrons. The molecule has 4 heteroatoms. The van der Waals surface area contributed by atoms with Crippen molar-refractivity contribution in [2.75, 3.05) is 12.0 Å². The number of hydrogen-bond acceptors (Lipinski definition) is 4.